The minimum absolute atomic E-state index is 0.184. The van der Waals surface area contributed by atoms with E-state index >= 15 is 0 Å². The molecule has 0 aliphatic rings. The number of H-pyrrole nitrogens is 1. The van der Waals surface area contributed by atoms with Gasteiger partial charge in [0, 0.05) is 29.7 Å². The average molecular weight is 428 g/mol. The topological polar surface area (TPSA) is 88.5 Å². The molecule has 0 bridgehead atoms. The highest BCUT2D eigenvalue weighted by Gasteiger charge is 2.13. The van der Waals surface area contributed by atoms with Crippen LogP contribution in [0.15, 0.2) is 60.9 Å². The Hall–Kier alpha value is -4.07. The number of fused-ring (bicyclic) bond motifs is 2. The lowest BCUT2D eigenvalue weighted by Gasteiger charge is -2.07. The number of halogens is 1. The summed E-state index contributed by atoms with van der Waals surface area (Å²) in [5, 5.41) is 8.05. The van der Waals surface area contributed by atoms with Gasteiger partial charge in [0.15, 0.2) is 5.65 Å². The number of anilines is 1. The summed E-state index contributed by atoms with van der Waals surface area (Å²) >= 11 is 0. The van der Waals surface area contributed by atoms with Gasteiger partial charge in [0.05, 0.1) is 22.8 Å². The molecule has 2 aromatic carbocycles. The molecule has 0 aliphatic heterocycles. The number of nitrogens with one attached hydrogen (secondary N) is 2. The molecule has 32 heavy (non-hydrogen) atoms. The van der Waals surface area contributed by atoms with E-state index in [1.165, 1.54) is 6.07 Å². The number of hydrogen-bond donors (Lipinski definition) is 2. The summed E-state index contributed by atoms with van der Waals surface area (Å²) in [6.07, 6.45) is 3.63. The van der Waals surface area contributed by atoms with E-state index in [2.05, 4.69) is 25.4 Å². The van der Waals surface area contributed by atoms with Gasteiger partial charge >= 0.3 is 0 Å². The van der Waals surface area contributed by atoms with E-state index in [-0.39, 0.29) is 17.8 Å². The second-order valence-electron chi connectivity index (χ2n) is 7.96. The smallest absolute Gasteiger partial charge is 0.257 e. The average Bonchev–Trinajstić information content (AvgIpc) is 3.38. The molecular formula is C24H21FN6O. The Balaban J connectivity index is 1.36. The first-order chi connectivity index (χ1) is 15.5. The van der Waals surface area contributed by atoms with E-state index in [1.54, 1.807) is 42.7 Å². The van der Waals surface area contributed by atoms with Crippen molar-refractivity contribution in [2.75, 3.05) is 5.32 Å². The van der Waals surface area contributed by atoms with E-state index < -0.39 is 0 Å². The number of amides is 1. The van der Waals surface area contributed by atoms with E-state index in [9.17, 15) is 9.18 Å². The monoisotopic (exact) mass is 428 g/mol. The highest BCUT2D eigenvalue weighted by atomic mass is 19.1. The van der Waals surface area contributed by atoms with Gasteiger partial charge in [0.2, 0.25) is 0 Å². The van der Waals surface area contributed by atoms with Gasteiger partial charge in [-0.25, -0.2) is 19.0 Å². The van der Waals surface area contributed by atoms with Gasteiger partial charge in [-0.05, 0) is 49.7 Å². The fourth-order valence-corrected chi connectivity index (χ4v) is 3.69. The number of pyridine rings is 1. The second-order valence-corrected chi connectivity index (χ2v) is 7.96. The van der Waals surface area contributed by atoms with Gasteiger partial charge in [-0.1, -0.05) is 18.2 Å². The molecule has 5 aromatic rings. The van der Waals surface area contributed by atoms with Crippen molar-refractivity contribution in [1.82, 2.24) is 24.7 Å². The highest BCUT2D eigenvalue weighted by Crippen LogP contribution is 2.21. The number of imidazole rings is 1. The standard InChI is InChI=1S/C24H21FN6O/c1-14(2)31-23-16(13-27-31)9-17(12-26-23)24(32)28-18-7-8-20-21(11-18)30-22(29-20)10-15-5-3-4-6-19(15)25/h3-9,11-14H,10H2,1-2H3,(H,28,32)(H,29,30). The van der Waals surface area contributed by atoms with E-state index in [0.29, 0.717) is 29.1 Å². The molecule has 0 fully saturated rings. The zero-order valence-electron chi connectivity index (χ0n) is 17.6. The van der Waals surface area contributed by atoms with Crippen molar-refractivity contribution in [3.05, 3.63) is 83.7 Å². The Morgan fingerprint density at radius 3 is 2.81 bits per heavy atom. The molecule has 0 spiro atoms. The third-order valence-electron chi connectivity index (χ3n) is 5.29. The Morgan fingerprint density at radius 1 is 1.16 bits per heavy atom. The number of nitrogens with zero attached hydrogens (tertiary/aromatic N) is 4. The van der Waals surface area contributed by atoms with Crippen molar-refractivity contribution >= 4 is 33.7 Å². The Labute approximate surface area is 183 Å². The van der Waals surface area contributed by atoms with E-state index in [4.69, 9.17) is 0 Å². The SMILES string of the molecule is CC(C)n1ncc2cc(C(=O)Nc3ccc4nc(Cc5ccccc5F)[nH]c4c3)cnc21. The third-order valence-corrected chi connectivity index (χ3v) is 5.29. The molecule has 3 aromatic heterocycles. The van der Waals surface area contributed by atoms with Crippen LogP contribution in [0.5, 0.6) is 0 Å². The molecule has 2 N–H and O–H groups in total. The van der Waals surface area contributed by atoms with E-state index in [0.717, 1.165) is 22.1 Å². The van der Waals surface area contributed by atoms with Crippen molar-refractivity contribution in [2.45, 2.75) is 26.3 Å². The summed E-state index contributed by atoms with van der Waals surface area (Å²) in [6.45, 7) is 4.06. The van der Waals surface area contributed by atoms with Gasteiger partial charge in [-0.15, -0.1) is 0 Å². The van der Waals surface area contributed by atoms with Crippen LogP contribution in [0.1, 0.15) is 41.6 Å². The summed E-state index contributed by atoms with van der Waals surface area (Å²) in [5.74, 6) is 0.137. The molecule has 0 aliphatic carbocycles. The van der Waals surface area contributed by atoms with Crippen molar-refractivity contribution < 1.29 is 9.18 Å². The lowest BCUT2D eigenvalue weighted by Crippen LogP contribution is -2.12. The quantitative estimate of drug-likeness (QED) is 0.418. The van der Waals surface area contributed by atoms with Gasteiger partial charge in [0.1, 0.15) is 11.6 Å². The summed E-state index contributed by atoms with van der Waals surface area (Å²) in [7, 11) is 0. The van der Waals surface area contributed by atoms with Crippen LogP contribution < -0.4 is 5.32 Å². The van der Waals surface area contributed by atoms with Crippen LogP contribution >= 0.6 is 0 Å². The number of hydrogen-bond acceptors (Lipinski definition) is 4. The zero-order valence-corrected chi connectivity index (χ0v) is 17.6. The summed E-state index contributed by atoms with van der Waals surface area (Å²) < 4.78 is 15.8. The van der Waals surface area contributed by atoms with Crippen molar-refractivity contribution in [3.63, 3.8) is 0 Å². The van der Waals surface area contributed by atoms with Crippen LogP contribution in [0, 0.1) is 5.82 Å². The van der Waals surface area contributed by atoms with Crippen LogP contribution in [-0.4, -0.2) is 30.6 Å². The van der Waals surface area contributed by atoms with Crippen molar-refractivity contribution in [3.8, 4) is 0 Å². The minimum atomic E-state index is -0.262. The number of carbonyl (C=O) groups is 1. The molecule has 0 atom stereocenters. The van der Waals surface area contributed by atoms with Gasteiger partial charge in [0.25, 0.3) is 5.91 Å². The zero-order chi connectivity index (χ0) is 22.2. The lowest BCUT2D eigenvalue weighted by molar-refractivity contribution is 0.102. The number of aromatic nitrogens is 5. The molecule has 3 heterocycles. The molecule has 160 valence electrons. The molecule has 8 heteroatoms. The maximum absolute atomic E-state index is 13.9. The normalized spacial score (nSPS) is 11.5. The molecule has 7 nitrogen and oxygen atoms in total. The third kappa shape index (κ3) is 3.71. The Bertz CT molecular complexity index is 1450. The van der Waals surface area contributed by atoms with Gasteiger partial charge < -0.3 is 10.3 Å². The summed E-state index contributed by atoms with van der Waals surface area (Å²) in [5.41, 5.74) is 3.91. The molecule has 1 amide bonds. The Kier molecular flexibility index (Phi) is 4.89. The molecular weight excluding hydrogens is 407 g/mol. The first-order valence-electron chi connectivity index (χ1n) is 10.3. The largest absolute Gasteiger partial charge is 0.342 e. The molecule has 0 unspecified atom stereocenters. The predicted octanol–water partition coefficient (Wildman–Crippen LogP) is 4.87. The maximum atomic E-state index is 13.9. The molecule has 0 radical (unpaired) electrons. The minimum Gasteiger partial charge on any atom is -0.342 e. The highest BCUT2D eigenvalue weighted by molar-refractivity contribution is 6.06. The fraction of sp³-hybridized carbons (Fsp3) is 0.167. The molecule has 5 rings (SSSR count). The van der Waals surface area contributed by atoms with Crippen molar-refractivity contribution in [1.29, 1.82) is 0 Å². The molecule has 0 saturated heterocycles. The number of rotatable bonds is 5. The van der Waals surface area contributed by atoms with Crippen LogP contribution in [0.3, 0.4) is 0 Å². The van der Waals surface area contributed by atoms with Gasteiger partial charge in [-0.2, -0.15) is 5.10 Å². The van der Waals surface area contributed by atoms with Crippen molar-refractivity contribution in [2.24, 2.45) is 0 Å². The second kappa shape index (κ2) is 7.88. The first kappa shape index (κ1) is 19.9. The van der Waals surface area contributed by atoms with Crippen LogP contribution in [0.4, 0.5) is 10.1 Å². The summed E-state index contributed by atoms with van der Waals surface area (Å²) in [4.78, 5) is 24.9. The summed E-state index contributed by atoms with van der Waals surface area (Å²) in [6, 6.07) is 14.0. The number of aromatic amines is 1. The number of carbonyl (C=O) groups excluding carboxylic acids is 1. The van der Waals surface area contributed by atoms with E-state index in [1.807, 2.05) is 30.7 Å². The molecule has 0 saturated carbocycles. The first-order valence-corrected chi connectivity index (χ1v) is 10.3. The van der Waals surface area contributed by atoms with Gasteiger partial charge in [-0.3, -0.25) is 4.79 Å². The fourth-order valence-electron chi connectivity index (χ4n) is 3.69. The predicted molar refractivity (Wildman–Crippen MR) is 121 cm³/mol. The Morgan fingerprint density at radius 2 is 2.00 bits per heavy atom. The van der Waals surface area contributed by atoms with Crippen LogP contribution in [0.2, 0.25) is 0 Å². The van der Waals surface area contributed by atoms with Crippen LogP contribution in [0.25, 0.3) is 22.1 Å². The maximum Gasteiger partial charge on any atom is 0.257 e. The van der Waals surface area contributed by atoms with Crippen LogP contribution in [-0.2, 0) is 6.42 Å². The lowest BCUT2D eigenvalue weighted by atomic mass is 10.1. The number of benzene rings is 2.